The van der Waals surface area contributed by atoms with Crippen LogP contribution in [-0.4, -0.2) is 48.3 Å². The van der Waals surface area contributed by atoms with Gasteiger partial charge in [0, 0.05) is 17.1 Å². The van der Waals surface area contributed by atoms with Crippen LogP contribution in [0.25, 0.3) is 11.4 Å². The van der Waals surface area contributed by atoms with Crippen LogP contribution in [-0.2, 0) is 11.3 Å². The SMILES string of the molecule is CCC(NC(=O)C1CCCN(Cc2nc(-c3cccc(Cl)c3)no2)C1)c1ccc(OC)c(OC)c1. The molecule has 186 valence electrons. The number of methoxy groups -OCH3 is 2. The summed E-state index contributed by atoms with van der Waals surface area (Å²) >= 11 is 6.07. The smallest absolute Gasteiger partial charge is 0.241 e. The van der Waals surface area contributed by atoms with Gasteiger partial charge in [0.25, 0.3) is 0 Å². The number of hydrogen-bond donors (Lipinski definition) is 1. The van der Waals surface area contributed by atoms with E-state index < -0.39 is 0 Å². The van der Waals surface area contributed by atoms with Crippen molar-refractivity contribution in [2.75, 3.05) is 27.3 Å². The second-order valence-corrected chi connectivity index (χ2v) is 9.12. The van der Waals surface area contributed by atoms with Gasteiger partial charge in [-0.3, -0.25) is 9.69 Å². The summed E-state index contributed by atoms with van der Waals surface area (Å²) in [6, 6.07) is 13.0. The number of benzene rings is 2. The molecule has 1 amide bonds. The summed E-state index contributed by atoms with van der Waals surface area (Å²) in [4.78, 5) is 19.9. The predicted molar refractivity (Wildman–Crippen MR) is 133 cm³/mol. The number of piperidine rings is 1. The Hall–Kier alpha value is -3.10. The molecule has 1 aromatic heterocycles. The predicted octanol–water partition coefficient (Wildman–Crippen LogP) is 4.89. The lowest BCUT2D eigenvalue weighted by atomic mass is 9.95. The summed E-state index contributed by atoms with van der Waals surface area (Å²) in [6.45, 7) is 4.08. The summed E-state index contributed by atoms with van der Waals surface area (Å²) in [5.74, 6) is 2.31. The summed E-state index contributed by atoms with van der Waals surface area (Å²) in [7, 11) is 3.22. The van der Waals surface area contributed by atoms with E-state index in [4.69, 9.17) is 25.6 Å². The lowest BCUT2D eigenvalue weighted by molar-refractivity contribution is -0.127. The molecule has 1 saturated heterocycles. The lowest BCUT2D eigenvalue weighted by Gasteiger charge is -2.32. The first-order chi connectivity index (χ1) is 17.0. The van der Waals surface area contributed by atoms with E-state index in [0.717, 1.165) is 36.9 Å². The van der Waals surface area contributed by atoms with Crippen molar-refractivity contribution < 1.29 is 18.8 Å². The zero-order chi connectivity index (χ0) is 24.8. The molecule has 4 rings (SSSR count). The van der Waals surface area contributed by atoms with Gasteiger partial charge < -0.3 is 19.3 Å². The van der Waals surface area contributed by atoms with E-state index in [9.17, 15) is 4.79 Å². The molecule has 0 saturated carbocycles. The van der Waals surface area contributed by atoms with Crippen LogP contribution in [0.2, 0.25) is 5.02 Å². The number of amides is 1. The molecule has 0 spiro atoms. The van der Waals surface area contributed by atoms with Gasteiger partial charge in [0.15, 0.2) is 11.5 Å². The van der Waals surface area contributed by atoms with Gasteiger partial charge in [0.1, 0.15) is 0 Å². The topological polar surface area (TPSA) is 89.7 Å². The number of carbonyl (C=O) groups excluding carboxylic acids is 1. The molecule has 0 aliphatic carbocycles. The molecule has 1 N–H and O–H groups in total. The van der Waals surface area contributed by atoms with Crippen molar-refractivity contribution in [1.82, 2.24) is 20.4 Å². The van der Waals surface area contributed by atoms with Crippen molar-refractivity contribution in [3.05, 3.63) is 58.9 Å². The Bertz CT molecular complexity index is 1150. The van der Waals surface area contributed by atoms with E-state index >= 15 is 0 Å². The minimum Gasteiger partial charge on any atom is -0.493 e. The highest BCUT2D eigenvalue weighted by Crippen LogP contribution is 2.31. The molecular formula is C26H31ClN4O4. The number of likely N-dealkylation sites (tertiary alicyclic amines) is 1. The highest BCUT2D eigenvalue weighted by atomic mass is 35.5. The highest BCUT2D eigenvalue weighted by Gasteiger charge is 2.28. The molecule has 35 heavy (non-hydrogen) atoms. The molecule has 2 unspecified atom stereocenters. The van der Waals surface area contributed by atoms with Crippen LogP contribution in [0.1, 0.15) is 43.7 Å². The third kappa shape index (κ3) is 6.13. The van der Waals surface area contributed by atoms with Crippen LogP contribution in [0, 0.1) is 5.92 Å². The van der Waals surface area contributed by atoms with Crippen molar-refractivity contribution in [2.45, 2.75) is 38.8 Å². The maximum atomic E-state index is 13.2. The second kappa shape index (κ2) is 11.6. The Morgan fingerprint density at radius 3 is 2.80 bits per heavy atom. The van der Waals surface area contributed by atoms with E-state index in [2.05, 4.69) is 27.3 Å². The van der Waals surface area contributed by atoms with E-state index in [1.54, 1.807) is 26.4 Å². The first-order valence-corrected chi connectivity index (χ1v) is 12.2. The van der Waals surface area contributed by atoms with Gasteiger partial charge >= 0.3 is 0 Å². The average Bonchev–Trinajstić information content (AvgIpc) is 3.35. The lowest BCUT2D eigenvalue weighted by Crippen LogP contribution is -2.43. The maximum absolute atomic E-state index is 13.2. The van der Waals surface area contributed by atoms with Gasteiger partial charge in [-0.25, -0.2) is 0 Å². The Labute approximate surface area is 210 Å². The Morgan fingerprint density at radius 1 is 1.23 bits per heavy atom. The largest absolute Gasteiger partial charge is 0.493 e. The Balaban J connectivity index is 1.37. The summed E-state index contributed by atoms with van der Waals surface area (Å²) in [6.07, 6.45) is 2.55. The van der Waals surface area contributed by atoms with Crippen LogP contribution < -0.4 is 14.8 Å². The molecule has 2 heterocycles. The zero-order valence-electron chi connectivity index (χ0n) is 20.3. The first-order valence-electron chi connectivity index (χ1n) is 11.8. The molecule has 9 heteroatoms. The van der Waals surface area contributed by atoms with Crippen LogP contribution in [0.4, 0.5) is 0 Å². The van der Waals surface area contributed by atoms with Crippen molar-refractivity contribution in [1.29, 1.82) is 0 Å². The molecule has 0 bridgehead atoms. The van der Waals surface area contributed by atoms with E-state index in [1.165, 1.54) is 0 Å². The molecule has 8 nitrogen and oxygen atoms in total. The Kier molecular flexibility index (Phi) is 8.25. The van der Waals surface area contributed by atoms with Crippen molar-refractivity contribution in [2.24, 2.45) is 5.92 Å². The van der Waals surface area contributed by atoms with Crippen LogP contribution in [0.3, 0.4) is 0 Å². The number of carbonyl (C=O) groups is 1. The molecule has 1 fully saturated rings. The number of nitrogens with one attached hydrogen (secondary N) is 1. The van der Waals surface area contributed by atoms with Gasteiger partial charge in [0.05, 0.1) is 32.7 Å². The van der Waals surface area contributed by atoms with Gasteiger partial charge in [-0.1, -0.05) is 41.9 Å². The number of rotatable bonds is 9. The number of ether oxygens (including phenoxy) is 2. The summed E-state index contributed by atoms with van der Waals surface area (Å²) < 4.78 is 16.2. The minimum atomic E-state index is -0.103. The first kappa shape index (κ1) is 25.0. The fraction of sp³-hybridized carbons (Fsp3) is 0.423. The van der Waals surface area contributed by atoms with Crippen molar-refractivity contribution in [3.63, 3.8) is 0 Å². The van der Waals surface area contributed by atoms with E-state index in [1.807, 2.05) is 30.3 Å². The zero-order valence-corrected chi connectivity index (χ0v) is 21.0. The molecule has 3 aromatic rings. The monoisotopic (exact) mass is 498 g/mol. The number of halogens is 1. The van der Waals surface area contributed by atoms with Gasteiger partial charge in [-0.2, -0.15) is 4.98 Å². The van der Waals surface area contributed by atoms with Gasteiger partial charge in [-0.05, 0) is 55.6 Å². The summed E-state index contributed by atoms with van der Waals surface area (Å²) in [5.41, 5.74) is 1.80. The molecule has 2 atom stereocenters. The average molecular weight is 499 g/mol. The molecule has 1 aliphatic heterocycles. The van der Waals surface area contributed by atoms with Crippen molar-refractivity contribution >= 4 is 17.5 Å². The normalized spacial score (nSPS) is 17.1. The number of aromatic nitrogens is 2. The highest BCUT2D eigenvalue weighted by molar-refractivity contribution is 6.30. The van der Waals surface area contributed by atoms with E-state index in [0.29, 0.717) is 41.3 Å². The number of hydrogen-bond acceptors (Lipinski definition) is 7. The van der Waals surface area contributed by atoms with Gasteiger partial charge in [-0.15, -0.1) is 0 Å². The van der Waals surface area contributed by atoms with Crippen LogP contribution in [0.5, 0.6) is 11.5 Å². The Morgan fingerprint density at radius 2 is 2.06 bits per heavy atom. The number of nitrogens with zero attached hydrogens (tertiary/aromatic N) is 3. The minimum absolute atomic E-state index is 0.0569. The van der Waals surface area contributed by atoms with E-state index in [-0.39, 0.29) is 17.9 Å². The van der Waals surface area contributed by atoms with Crippen LogP contribution in [0.15, 0.2) is 47.0 Å². The summed E-state index contributed by atoms with van der Waals surface area (Å²) in [5, 5.41) is 7.94. The third-order valence-electron chi connectivity index (χ3n) is 6.32. The molecule has 1 aliphatic rings. The maximum Gasteiger partial charge on any atom is 0.241 e. The molecule has 2 aromatic carbocycles. The molecular weight excluding hydrogens is 468 g/mol. The fourth-order valence-electron chi connectivity index (χ4n) is 4.45. The fourth-order valence-corrected chi connectivity index (χ4v) is 4.64. The van der Waals surface area contributed by atoms with Gasteiger partial charge in [0.2, 0.25) is 17.6 Å². The van der Waals surface area contributed by atoms with Crippen molar-refractivity contribution in [3.8, 4) is 22.9 Å². The molecule has 0 radical (unpaired) electrons. The quantitative estimate of drug-likeness (QED) is 0.449. The standard InChI is InChI=1S/C26H31ClN4O4/c1-4-21(17-10-11-22(33-2)23(14-17)34-3)28-26(32)19-8-6-12-31(15-19)16-24-29-25(30-35-24)18-7-5-9-20(27)13-18/h5,7,9-11,13-14,19,21H,4,6,8,12,15-16H2,1-3H3,(H,28,32). The second-order valence-electron chi connectivity index (χ2n) is 8.68. The van der Waals surface area contributed by atoms with Crippen LogP contribution >= 0.6 is 11.6 Å². The third-order valence-corrected chi connectivity index (χ3v) is 6.56.